The number of esters is 3. The van der Waals surface area contributed by atoms with Gasteiger partial charge in [-0.2, -0.15) is 0 Å². The normalized spacial score (nSPS) is 13.3. The molecule has 0 aliphatic rings. The van der Waals surface area contributed by atoms with Crippen molar-refractivity contribution in [2.45, 2.75) is 168 Å². The molecule has 328 valence electrons. The van der Waals surface area contributed by atoms with Crippen LogP contribution < -0.4 is 0 Å². The van der Waals surface area contributed by atoms with Crippen molar-refractivity contribution in [2.75, 3.05) is 13.2 Å². The third kappa shape index (κ3) is 44.5. The van der Waals surface area contributed by atoms with Crippen molar-refractivity contribution >= 4 is 17.9 Å². The van der Waals surface area contributed by atoms with E-state index in [9.17, 15) is 14.4 Å². The molecular formula is C53H80O6. The zero-order valence-electron chi connectivity index (χ0n) is 37.2. The summed E-state index contributed by atoms with van der Waals surface area (Å²) in [6.45, 7) is 6.19. The highest BCUT2D eigenvalue weighted by Crippen LogP contribution is 2.11. The smallest absolute Gasteiger partial charge is 0.306 e. The Kier molecular flexibility index (Phi) is 42.8. The molecule has 0 heterocycles. The average molecular weight is 813 g/mol. The molecular weight excluding hydrogens is 733 g/mol. The molecule has 1 unspecified atom stereocenters. The average Bonchev–Trinajstić information content (AvgIpc) is 3.23. The lowest BCUT2D eigenvalue weighted by atomic mass is 10.1. The van der Waals surface area contributed by atoms with Crippen LogP contribution in [0.3, 0.4) is 0 Å². The summed E-state index contributed by atoms with van der Waals surface area (Å²) in [7, 11) is 0. The summed E-state index contributed by atoms with van der Waals surface area (Å²) in [6.07, 6.45) is 64.3. The van der Waals surface area contributed by atoms with Gasteiger partial charge in [0.2, 0.25) is 0 Å². The molecule has 0 rings (SSSR count). The highest BCUT2D eigenvalue weighted by atomic mass is 16.6. The van der Waals surface area contributed by atoms with E-state index in [2.05, 4.69) is 57.2 Å². The molecule has 0 amide bonds. The van der Waals surface area contributed by atoms with Crippen LogP contribution >= 0.6 is 0 Å². The van der Waals surface area contributed by atoms with Gasteiger partial charge >= 0.3 is 17.9 Å². The Bertz CT molecular complexity index is 1350. The van der Waals surface area contributed by atoms with Crippen LogP contribution in [0.4, 0.5) is 0 Å². The molecule has 0 spiro atoms. The lowest BCUT2D eigenvalue weighted by Crippen LogP contribution is -2.30. The summed E-state index contributed by atoms with van der Waals surface area (Å²) in [5, 5.41) is 0. The first-order valence-corrected chi connectivity index (χ1v) is 22.8. The molecule has 0 aromatic heterocycles. The summed E-state index contributed by atoms with van der Waals surface area (Å²) in [5.41, 5.74) is 0. The second kappa shape index (κ2) is 46.2. The molecule has 0 aliphatic carbocycles. The van der Waals surface area contributed by atoms with Crippen molar-refractivity contribution < 1.29 is 28.6 Å². The molecule has 0 radical (unpaired) electrons. The van der Waals surface area contributed by atoms with Crippen molar-refractivity contribution in [1.29, 1.82) is 0 Å². The third-order valence-corrected chi connectivity index (χ3v) is 8.88. The highest BCUT2D eigenvalue weighted by molar-refractivity contribution is 5.71. The molecule has 6 nitrogen and oxygen atoms in total. The Morgan fingerprint density at radius 3 is 1.10 bits per heavy atom. The van der Waals surface area contributed by atoms with Gasteiger partial charge in [0.25, 0.3) is 0 Å². The zero-order chi connectivity index (χ0) is 43.0. The Morgan fingerprint density at radius 1 is 0.356 bits per heavy atom. The van der Waals surface area contributed by atoms with Crippen LogP contribution in [-0.2, 0) is 28.6 Å². The van der Waals surface area contributed by atoms with Gasteiger partial charge in [0.1, 0.15) is 13.2 Å². The van der Waals surface area contributed by atoms with E-state index in [1.807, 2.05) is 97.2 Å². The fourth-order valence-corrected chi connectivity index (χ4v) is 5.46. The van der Waals surface area contributed by atoms with Crippen LogP contribution in [-0.4, -0.2) is 37.2 Å². The molecule has 0 N–H and O–H groups in total. The summed E-state index contributed by atoms with van der Waals surface area (Å²) in [5.74, 6) is -1.03. The van der Waals surface area contributed by atoms with Gasteiger partial charge in [0, 0.05) is 19.3 Å². The number of ether oxygens (including phenoxy) is 3. The van der Waals surface area contributed by atoms with E-state index in [-0.39, 0.29) is 37.5 Å². The number of allylic oxidation sites excluding steroid dienone is 22. The Morgan fingerprint density at radius 2 is 0.678 bits per heavy atom. The van der Waals surface area contributed by atoms with Crippen LogP contribution in [0, 0.1) is 0 Å². The fourth-order valence-electron chi connectivity index (χ4n) is 5.46. The maximum absolute atomic E-state index is 12.7. The molecule has 0 aromatic carbocycles. The fraction of sp³-hybridized carbons (Fsp3) is 0.528. The first kappa shape index (κ1) is 54.6. The summed E-state index contributed by atoms with van der Waals surface area (Å²) < 4.78 is 16.6. The highest BCUT2D eigenvalue weighted by Gasteiger charge is 2.19. The molecule has 0 bridgehead atoms. The van der Waals surface area contributed by atoms with Crippen molar-refractivity contribution in [3.05, 3.63) is 134 Å². The minimum Gasteiger partial charge on any atom is -0.462 e. The summed E-state index contributed by atoms with van der Waals surface area (Å²) in [4.78, 5) is 37.8. The van der Waals surface area contributed by atoms with Crippen molar-refractivity contribution in [3.63, 3.8) is 0 Å². The van der Waals surface area contributed by atoms with E-state index in [0.717, 1.165) is 83.5 Å². The summed E-state index contributed by atoms with van der Waals surface area (Å²) in [6, 6.07) is 0. The monoisotopic (exact) mass is 813 g/mol. The number of carbonyl (C=O) groups is 3. The van der Waals surface area contributed by atoms with Gasteiger partial charge in [0.05, 0.1) is 0 Å². The molecule has 59 heavy (non-hydrogen) atoms. The van der Waals surface area contributed by atoms with Gasteiger partial charge in [-0.3, -0.25) is 14.4 Å². The lowest BCUT2D eigenvalue weighted by Gasteiger charge is -2.18. The number of hydrogen-bond acceptors (Lipinski definition) is 6. The van der Waals surface area contributed by atoms with E-state index in [1.54, 1.807) is 0 Å². The van der Waals surface area contributed by atoms with Crippen LogP contribution in [0.2, 0.25) is 0 Å². The van der Waals surface area contributed by atoms with Gasteiger partial charge in [-0.1, -0.05) is 199 Å². The maximum Gasteiger partial charge on any atom is 0.306 e. The predicted octanol–water partition coefficient (Wildman–Crippen LogP) is 14.7. The van der Waals surface area contributed by atoms with E-state index in [1.165, 1.54) is 25.7 Å². The largest absolute Gasteiger partial charge is 0.462 e. The lowest BCUT2D eigenvalue weighted by molar-refractivity contribution is -0.167. The van der Waals surface area contributed by atoms with Gasteiger partial charge in [0.15, 0.2) is 6.10 Å². The SMILES string of the molecule is CC\C=C/C=C\C=C/C=C\C=C\C=C/CCCCCC(=O)OCC(COC(=O)CCCCCCC/C=C\CCCC)OC(=O)CCCCC\C=C/C=C\C=C/C=C\CC. The minimum absolute atomic E-state index is 0.119. The number of unbranched alkanes of at least 4 members (excludes halogenated alkanes) is 13. The number of hydrogen-bond donors (Lipinski definition) is 0. The quantitative estimate of drug-likeness (QED) is 0.0203. The van der Waals surface area contributed by atoms with Gasteiger partial charge < -0.3 is 14.2 Å². The Labute approximate surface area is 360 Å². The molecule has 1 atom stereocenters. The van der Waals surface area contributed by atoms with Crippen molar-refractivity contribution in [1.82, 2.24) is 0 Å². The van der Waals surface area contributed by atoms with Gasteiger partial charge in [-0.05, 0) is 77.0 Å². The van der Waals surface area contributed by atoms with E-state index in [0.29, 0.717) is 25.7 Å². The molecule has 6 heteroatoms. The predicted molar refractivity (Wildman–Crippen MR) is 251 cm³/mol. The van der Waals surface area contributed by atoms with E-state index in [4.69, 9.17) is 14.2 Å². The second-order valence-electron chi connectivity index (χ2n) is 14.4. The minimum atomic E-state index is -0.823. The molecule has 0 saturated carbocycles. The zero-order valence-corrected chi connectivity index (χ0v) is 37.2. The molecule has 0 aromatic rings. The first-order chi connectivity index (χ1) is 29.0. The molecule has 0 saturated heterocycles. The second-order valence-corrected chi connectivity index (χ2v) is 14.4. The number of carbonyl (C=O) groups excluding carboxylic acids is 3. The van der Waals surface area contributed by atoms with Gasteiger partial charge in [-0.15, -0.1) is 0 Å². The first-order valence-electron chi connectivity index (χ1n) is 22.8. The van der Waals surface area contributed by atoms with Gasteiger partial charge in [-0.25, -0.2) is 0 Å². The van der Waals surface area contributed by atoms with E-state index >= 15 is 0 Å². The topological polar surface area (TPSA) is 78.9 Å². The standard InChI is InChI=1S/C53H80O6/c1-4-7-10-13-16-19-22-24-25-26-27-29-31-34-37-40-43-46-52(55)58-49-50(48-57-51(54)45-42-39-36-33-30-21-18-15-12-9-6-3)59-53(56)47-44-41-38-35-32-28-23-20-17-14-11-8-5-2/h7-8,10-11,13-20,22-29,31-32,50H,4-6,9,12,21,30,33-49H2,1-3H3/b10-7-,11-8-,16-13-,17-14-,18-15-,22-19-,23-20-,25-24-,27-26+,31-29-,32-28-. The third-order valence-electron chi connectivity index (χ3n) is 8.88. The van der Waals surface area contributed by atoms with Crippen LogP contribution in [0.15, 0.2) is 134 Å². The van der Waals surface area contributed by atoms with Crippen molar-refractivity contribution in [3.8, 4) is 0 Å². The van der Waals surface area contributed by atoms with Crippen LogP contribution in [0.1, 0.15) is 162 Å². The van der Waals surface area contributed by atoms with Crippen molar-refractivity contribution in [2.24, 2.45) is 0 Å². The van der Waals surface area contributed by atoms with E-state index < -0.39 is 6.10 Å². The van der Waals surface area contributed by atoms with Crippen LogP contribution in [0.5, 0.6) is 0 Å². The molecule has 0 fully saturated rings. The number of rotatable bonds is 38. The Balaban J connectivity index is 4.59. The maximum atomic E-state index is 12.7. The molecule has 0 aliphatic heterocycles. The van der Waals surface area contributed by atoms with Crippen LogP contribution in [0.25, 0.3) is 0 Å². The summed E-state index contributed by atoms with van der Waals surface area (Å²) >= 11 is 0. The Hall–Kier alpha value is -4.45.